The molecule has 1 fully saturated rings. The van der Waals surface area contributed by atoms with E-state index < -0.39 is 0 Å². The van der Waals surface area contributed by atoms with Crippen molar-refractivity contribution in [1.29, 1.82) is 0 Å². The highest BCUT2D eigenvalue weighted by Gasteiger charge is 2.14. The van der Waals surface area contributed by atoms with Crippen LogP contribution in [0.25, 0.3) is 0 Å². The van der Waals surface area contributed by atoms with Crippen LogP contribution in [0.5, 0.6) is 5.75 Å². The van der Waals surface area contributed by atoms with E-state index in [0.717, 1.165) is 49.4 Å². The molecule has 1 saturated heterocycles. The normalized spacial score (nSPS) is 15.4. The number of nitrogens with zero attached hydrogens (tertiary/aromatic N) is 2. The number of anilines is 1. The van der Waals surface area contributed by atoms with Crippen molar-refractivity contribution in [2.75, 3.05) is 37.8 Å². The molecule has 0 unspecified atom stereocenters. The van der Waals surface area contributed by atoms with E-state index in [0.29, 0.717) is 6.61 Å². The van der Waals surface area contributed by atoms with Gasteiger partial charge in [0, 0.05) is 25.2 Å². The molecule has 0 amide bonds. The minimum absolute atomic E-state index is 0.647. The fourth-order valence-electron chi connectivity index (χ4n) is 2.32. The lowest BCUT2D eigenvalue weighted by Crippen LogP contribution is -2.35. The first-order valence-electron chi connectivity index (χ1n) is 7.54. The van der Waals surface area contributed by atoms with Crippen molar-refractivity contribution in [2.45, 2.75) is 6.92 Å². The fourth-order valence-corrected chi connectivity index (χ4v) is 2.32. The molecule has 22 heavy (non-hydrogen) atoms. The molecular weight excluding hydrogens is 280 g/mol. The van der Waals surface area contributed by atoms with Crippen LogP contribution in [0.1, 0.15) is 12.7 Å². The summed E-state index contributed by atoms with van der Waals surface area (Å²) in [6, 6.07) is 11.6. The van der Waals surface area contributed by atoms with Crippen molar-refractivity contribution in [1.82, 2.24) is 0 Å². The van der Waals surface area contributed by atoms with Gasteiger partial charge < -0.3 is 18.8 Å². The van der Waals surface area contributed by atoms with Gasteiger partial charge in [0.05, 0.1) is 31.7 Å². The molecule has 0 spiro atoms. The highest BCUT2D eigenvalue weighted by atomic mass is 16.5. The molecule has 2 aromatic rings. The lowest BCUT2D eigenvalue weighted by atomic mass is 10.3. The Morgan fingerprint density at radius 2 is 2.09 bits per heavy atom. The predicted molar refractivity (Wildman–Crippen MR) is 86.6 cm³/mol. The number of furan rings is 1. The average molecular weight is 300 g/mol. The third-order valence-electron chi connectivity index (χ3n) is 3.40. The van der Waals surface area contributed by atoms with Gasteiger partial charge in [-0.15, -0.1) is 0 Å². The van der Waals surface area contributed by atoms with Gasteiger partial charge in [-0.2, -0.15) is 0 Å². The highest BCUT2D eigenvalue weighted by molar-refractivity contribution is 5.79. The summed E-state index contributed by atoms with van der Waals surface area (Å²) in [6.45, 7) is 5.82. The number of ether oxygens (including phenoxy) is 2. The molecular formula is C17H20N2O3. The molecule has 2 heterocycles. The molecule has 0 radical (unpaired) electrons. The van der Waals surface area contributed by atoms with Gasteiger partial charge in [-0.1, -0.05) is 6.07 Å². The maximum Gasteiger partial charge on any atom is 0.196 e. The third-order valence-corrected chi connectivity index (χ3v) is 3.40. The summed E-state index contributed by atoms with van der Waals surface area (Å²) >= 11 is 0. The van der Waals surface area contributed by atoms with Crippen LogP contribution < -0.4 is 9.64 Å². The first-order valence-corrected chi connectivity index (χ1v) is 7.54. The highest BCUT2D eigenvalue weighted by Crippen LogP contribution is 2.22. The first kappa shape index (κ1) is 14.7. The van der Waals surface area contributed by atoms with Gasteiger partial charge in [-0.05, 0) is 25.1 Å². The van der Waals surface area contributed by atoms with Gasteiger partial charge in [0.25, 0.3) is 0 Å². The van der Waals surface area contributed by atoms with Gasteiger partial charge in [0.15, 0.2) is 5.88 Å². The van der Waals surface area contributed by atoms with Gasteiger partial charge in [-0.25, -0.2) is 0 Å². The molecule has 1 aromatic heterocycles. The van der Waals surface area contributed by atoms with Crippen molar-refractivity contribution in [3.63, 3.8) is 0 Å². The molecule has 0 N–H and O–H groups in total. The van der Waals surface area contributed by atoms with E-state index in [4.69, 9.17) is 13.9 Å². The van der Waals surface area contributed by atoms with E-state index in [1.807, 2.05) is 43.3 Å². The Hall–Kier alpha value is -2.27. The molecule has 1 aliphatic rings. The van der Waals surface area contributed by atoms with E-state index in [-0.39, 0.29) is 0 Å². The Morgan fingerprint density at radius 3 is 2.91 bits per heavy atom. The van der Waals surface area contributed by atoms with E-state index in [9.17, 15) is 0 Å². The van der Waals surface area contributed by atoms with Crippen LogP contribution in [-0.2, 0) is 4.74 Å². The zero-order valence-electron chi connectivity index (χ0n) is 12.7. The Balaban J connectivity index is 1.67. The van der Waals surface area contributed by atoms with Crippen molar-refractivity contribution in [3.8, 4) is 5.75 Å². The van der Waals surface area contributed by atoms with Crippen LogP contribution in [0, 0.1) is 0 Å². The van der Waals surface area contributed by atoms with Crippen LogP contribution in [0.15, 0.2) is 45.8 Å². The van der Waals surface area contributed by atoms with E-state index >= 15 is 0 Å². The maximum absolute atomic E-state index is 5.81. The first-order chi connectivity index (χ1) is 10.8. The number of morpholine rings is 1. The minimum atomic E-state index is 0.647. The molecule has 5 heteroatoms. The number of hydrogen-bond acceptors (Lipinski definition) is 5. The van der Waals surface area contributed by atoms with Crippen LogP contribution in [0.2, 0.25) is 0 Å². The second-order valence-corrected chi connectivity index (χ2v) is 4.96. The summed E-state index contributed by atoms with van der Waals surface area (Å²) < 4.78 is 16.6. The molecule has 1 aliphatic heterocycles. The maximum atomic E-state index is 5.81. The number of rotatable bonds is 5. The van der Waals surface area contributed by atoms with Crippen molar-refractivity contribution in [3.05, 3.63) is 42.2 Å². The lowest BCUT2D eigenvalue weighted by Gasteiger charge is -2.26. The average Bonchev–Trinajstić information content (AvgIpc) is 3.04. The monoisotopic (exact) mass is 300 g/mol. The second-order valence-electron chi connectivity index (χ2n) is 4.96. The number of benzene rings is 1. The molecule has 0 bridgehead atoms. The Morgan fingerprint density at radius 1 is 1.23 bits per heavy atom. The van der Waals surface area contributed by atoms with Crippen molar-refractivity contribution < 1.29 is 13.9 Å². The predicted octanol–water partition coefficient (Wildman–Crippen LogP) is 3.27. The standard InChI is InChI=1S/C17H20N2O3/c1-2-21-15-5-3-4-14(12-15)18-13-16-6-7-17(22-16)19-8-10-20-11-9-19/h3-7,12-13H,2,8-11H2,1H3. The van der Waals surface area contributed by atoms with E-state index in [2.05, 4.69) is 9.89 Å². The van der Waals surface area contributed by atoms with Gasteiger partial charge >= 0.3 is 0 Å². The van der Waals surface area contributed by atoms with Crippen LogP contribution in [0.4, 0.5) is 11.6 Å². The molecule has 116 valence electrons. The van der Waals surface area contributed by atoms with Crippen LogP contribution in [-0.4, -0.2) is 39.1 Å². The summed E-state index contributed by atoms with van der Waals surface area (Å²) in [5.41, 5.74) is 0.843. The van der Waals surface area contributed by atoms with Gasteiger partial charge in [-0.3, -0.25) is 4.99 Å². The number of aliphatic imine (C=N–C) groups is 1. The topological polar surface area (TPSA) is 47.2 Å². The lowest BCUT2D eigenvalue weighted by molar-refractivity contribution is 0.120. The summed E-state index contributed by atoms with van der Waals surface area (Å²) in [6.07, 6.45) is 1.73. The summed E-state index contributed by atoms with van der Waals surface area (Å²) in [4.78, 5) is 6.61. The van der Waals surface area contributed by atoms with Crippen molar-refractivity contribution in [2.24, 2.45) is 4.99 Å². The van der Waals surface area contributed by atoms with Crippen molar-refractivity contribution >= 4 is 17.8 Å². The molecule has 0 atom stereocenters. The Labute approximate surface area is 130 Å². The summed E-state index contributed by atoms with van der Waals surface area (Å²) in [7, 11) is 0. The quantitative estimate of drug-likeness (QED) is 0.795. The number of hydrogen-bond donors (Lipinski definition) is 0. The fraction of sp³-hybridized carbons (Fsp3) is 0.353. The molecule has 1 aromatic carbocycles. The second kappa shape index (κ2) is 7.13. The van der Waals surface area contributed by atoms with E-state index in [1.54, 1.807) is 6.21 Å². The largest absolute Gasteiger partial charge is 0.494 e. The molecule has 3 rings (SSSR count). The Bertz CT molecular complexity index is 630. The molecule has 0 saturated carbocycles. The zero-order valence-corrected chi connectivity index (χ0v) is 12.7. The zero-order chi connectivity index (χ0) is 15.2. The smallest absolute Gasteiger partial charge is 0.196 e. The SMILES string of the molecule is CCOc1cccc(N=Cc2ccc(N3CCOCC3)o2)c1. The third kappa shape index (κ3) is 3.68. The van der Waals surface area contributed by atoms with Crippen LogP contribution in [0.3, 0.4) is 0 Å². The van der Waals surface area contributed by atoms with E-state index in [1.165, 1.54) is 0 Å². The molecule has 0 aliphatic carbocycles. The van der Waals surface area contributed by atoms with Gasteiger partial charge in [0.2, 0.25) is 0 Å². The minimum Gasteiger partial charge on any atom is -0.494 e. The summed E-state index contributed by atoms with van der Waals surface area (Å²) in [5, 5.41) is 0. The van der Waals surface area contributed by atoms with Crippen LogP contribution >= 0.6 is 0 Å². The summed E-state index contributed by atoms with van der Waals surface area (Å²) in [5.74, 6) is 2.43. The Kier molecular flexibility index (Phi) is 4.75. The van der Waals surface area contributed by atoms with Gasteiger partial charge in [0.1, 0.15) is 11.5 Å². The molecule has 5 nitrogen and oxygen atoms in total.